The summed E-state index contributed by atoms with van der Waals surface area (Å²) in [6, 6.07) is 1.55. The number of amides is 1. The normalized spacial score (nSPS) is 12.5. The third-order valence-electron chi connectivity index (χ3n) is 1.62. The number of thiophene rings is 1. The number of rotatable bonds is 3. The van der Waals surface area contributed by atoms with E-state index in [9.17, 15) is 4.79 Å². The zero-order valence-corrected chi connectivity index (χ0v) is 7.73. The highest BCUT2D eigenvalue weighted by Gasteiger charge is 2.11. The highest BCUT2D eigenvalue weighted by atomic mass is 32.1. The van der Waals surface area contributed by atoms with E-state index in [-0.39, 0.29) is 5.91 Å². The fourth-order valence-electron chi connectivity index (χ4n) is 0.941. The summed E-state index contributed by atoms with van der Waals surface area (Å²) in [5.74, 6) is -0.110. The summed E-state index contributed by atoms with van der Waals surface area (Å²) in [7, 11) is 1.59. The van der Waals surface area contributed by atoms with E-state index in [2.05, 4.69) is 5.32 Å². The molecular formula is C8H12N2OS. The van der Waals surface area contributed by atoms with Crippen LogP contribution in [0.15, 0.2) is 16.8 Å². The van der Waals surface area contributed by atoms with E-state index in [1.54, 1.807) is 18.4 Å². The van der Waals surface area contributed by atoms with Crippen molar-refractivity contribution in [3.63, 3.8) is 0 Å². The fourth-order valence-corrected chi connectivity index (χ4v) is 1.62. The molecule has 1 rings (SSSR count). The Morgan fingerprint density at radius 1 is 1.83 bits per heavy atom. The number of nitrogens with one attached hydrogen (secondary N) is 1. The van der Waals surface area contributed by atoms with Gasteiger partial charge in [0.15, 0.2) is 0 Å². The molecule has 1 amide bonds. The van der Waals surface area contributed by atoms with Crippen molar-refractivity contribution >= 4 is 17.2 Å². The minimum absolute atomic E-state index is 0.110. The number of hydrogen-bond acceptors (Lipinski definition) is 3. The van der Waals surface area contributed by atoms with Crippen LogP contribution in [0, 0.1) is 0 Å². The van der Waals surface area contributed by atoms with Crippen molar-refractivity contribution in [2.24, 2.45) is 5.73 Å². The third-order valence-corrected chi connectivity index (χ3v) is 2.35. The molecule has 0 aromatic carbocycles. The first-order valence-corrected chi connectivity index (χ1v) is 4.66. The van der Waals surface area contributed by atoms with Gasteiger partial charge in [0.25, 0.3) is 0 Å². The lowest BCUT2D eigenvalue weighted by Gasteiger charge is -2.07. The molecule has 0 spiro atoms. The number of nitrogens with two attached hydrogens (primary N) is 1. The monoisotopic (exact) mass is 184 g/mol. The second-order valence-electron chi connectivity index (χ2n) is 2.56. The molecule has 0 saturated carbocycles. The summed E-state index contributed by atoms with van der Waals surface area (Å²) in [6.07, 6.45) is 0.614. The molecule has 0 radical (unpaired) electrons. The smallest absolute Gasteiger partial charge is 0.237 e. The second-order valence-corrected chi connectivity index (χ2v) is 3.34. The molecule has 0 aliphatic carbocycles. The minimum Gasteiger partial charge on any atom is -0.358 e. The quantitative estimate of drug-likeness (QED) is 0.713. The topological polar surface area (TPSA) is 55.1 Å². The molecule has 66 valence electrons. The summed E-state index contributed by atoms with van der Waals surface area (Å²) < 4.78 is 0. The van der Waals surface area contributed by atoms with Crippen LogP contribution >= 0.6 is 11.3 Å². The first-order valence-electron chi connectivity index (χ1n) is 3.72. The van der Waals surface area contributed by atoms with Gasteiger partial charge < -0.3 is 11.1 Å². The van der Waals surface area contributed by atoms with Gasteiger partial charge in [-0.3, -0.25) is 4.79 Å². The van der Waals surface area contributed by atoms with E-state index in [4.69, 9.17) is 5.73 Å². The molecule has 3 nitrogen and oxygen atoms in total. The highest BCUT2D eigenvalue weighted by Crippen LogP contribution is 2.07. The predicted molar refractivity (Wildman–Crippen MR) is 50.1 cm³/mol. The summed E-state index contributed by atoms with van der Waals surface area (Å²) in [5.41, 5.74) is 6.73. The van der Waals surface area contributed by atoms with Gasteiger partial charge in [-0.2, -0.15) is 11.3 Å². The van der Waals surface area contributed by atoms with E-state index >= 15 is 0 Å². The van der Waals surface area contributed by atoms with E-state index in [1.165, 1.54) is 0 Å². The van der Waals surface area contributed by atoms with Gasteiger partial charge >= 0.3 is 0 Å². The van der Waals surface area contributed by atoms with Crippen molar-refractivity contribution < 1.29 is 4.79 Å². The van der Waals surface area contributed by atoms with Crippen molar-refractivity contribution in [1.82, 2.24) is 5.32 Å². The van der Waals surface area contributed by atoms with E-state index in [1.807, 2.05) is 16.8 Å². The average Bonchev–Trinajstić information content (AvgIpc) is 2.55. The molecule has 3 N–H and O–H groups in total. The van der Waals surface area contributed by atoms with Crippen LogP contribution in [0.5, 0.6) is 0 Å². The van der Waals surface area contributed by atoms with E-state index < -0.39 is 6.04 Å². The SMILES string of the molecule is CNC(=O)[C@H](N)Cc1ccsc1. The maximum atomic E-state index is 11.0. The largest absolute Gasteiger partial charge is 0.358 e. The van der Waals surface area contributed by atoms with Crippen molar-refractivity contribution in [1.29, 1.82) is 0 Å². The van der Waals surface area contributed by atoms with Crippen LogP contribution in [0.25, 0.3) is 0 Å². The number of likely N-dealkylation sites (N-methyl/N-ethyl adjacent to an activating group) is 1. The van der Waals surface area contributed by atoms with Gasteiger partial charge in [0.05, 0.1) is 6.04 Å². The zero-order valence-electron chi connectivity index (χ0n) is 6.91. The number of carbonyl (C=O) groups is 1. The summed E-state index contributed by atoms with van der Waals surface area (Å²) in [6.45, 7) is 0. The molecule has 0 aliphatic rings. The Bertz CT molecular complexity index is 246. The Labute approximate surface area is 75.6 Å². The summed E-state index contributed by atoms with van der Waals surface area (Å²) in [5, 5.41) is 6.50. The van der Waals surface area contributed by atoms with Crippen LogP contribution in [-0.4, -0.2) is 19.0 Å². The molecule has 0 fully saturated rings. The Balaban J connectivity index is 2.47. The summed E-state index contributed by atoms with van der Waals surface area (Å²) >= 11 is 1.61. The van der Waals surface area contributed by atoms with Gasteiger partial charge in [0.1, 0.15) is 0 Å². The van der Waals surface area contributed by atoms with Gasteiger partial charge in [-0.15, -0.1) is 0 Å². The van der Waals surface area contributed by atoms with Crippen LogP contribution in [0.2, 0.25) is 0 Å². The third kappa shape index (κ3) is 2.32. The lowest BCUT2D eigenvalue weighted by atomic mass is 10.1. The molecule has 0 bridgehead atoms. The molecule has 1 aromatic rings. The maximum absolute atomic E-state index is 11.0. The number of carbonyl (C=O) groups excluding carboxylic acids is 1. The molecule has 0 aliphatic heterocycles. The van der Waals surface area contributed by atoms with Crippen molar-refractivity contribution in [2.75, 3.05) is 7.05 Å². The van der Waals surface area contributed by atoms with Gasteiger partial charge in [0, 0.05) is 7.05 Å². The molecule has 1 aromatic heterocycles. The van der Waals surface area contributed by atoms with Crippen LogP contribution in [-0.2, 0) is 11.2 Å². The van der Waals surface area contributed by atoms with Crippen molar-refractivity contribution in [3.05, 3.63) is 22.4 Å². The lowest BCUT2D eigenvalue weighted by Crippen LogP contribution is -2.40. The lowest BCUT2D eigenvalue weighted by molar-refractivity contribution is -0.121. The first kappa shape index (κ1) is 9.22. The summed E-state index contributed by atoms with van der Waals surface area (Å²) in [4.78, 5) is 11.0. The Hall–Kier alpha value is -0.870. The van der Waals surface area contributed by atoms with Crippen LogP contribution in [0.1, 0.15) is 5.56 Å². The minimum atomic E-state index is -0.426. The van der Waals surface area contributed by atoms with Crippen LogP contribution < -0.4 is 11.1 Å². The number of hydrogen-bond donors (Lipinski definition) is 2. The first-order chi connectivity index (χ1) is 5.74. The maximum Gasteiger partial charge on any atom is 0.237 e. The standard InChI is InChI=1S/C8H12N2OS/c1-10-8(11)7(9)4-6-2-3-12-5-6/h2-3,5,7H,4,9H2,1H3,(H,10,11)/t7-/m1/s1. The van der Waals surface area contributed by atoms with Gasteiger partial charge in [-0.05, 0) is 28.8 Å². The highest BCUT2D eigenvalue weighted by molar-refractivity contribution is 7.07. The van der Waals surface area contributed by atoms with Crippen molar-refractivity contribution in [2.45, 2.75) is 12.5 Å². The van der Waals surface area contributed by atoms with Gasteiger partial charge in [-0.25, -0.2) is 0 Å². The fraction of sp³-hybridized carbons (Fsp3) is 0.375. The van der Waals surface area contributed by atoms with E-state index in [0.29, 0.717) is 6.42 Å². The Morgan fingerprint density at radius 2 is 2.58 bits per heavy atom. The van der Waals surface area contributed by atoms with E-state index in [0.717, 1.165) is 5.56 Å². The van der Waals surface area contributed by atoms with Crippen LogP contribution in [0.3, 0.4) is 0 Å². The van der Waals surface area contributed by atoms with Gasteiger partial charge in [0.2, 0.25) is 5.91 Å². The Morgan fingerprint density at radius 3 is 3.08 bits per heavy atom. The predicted octanol–water partition coefficient (Wildman–Crippen LogP) is 0.364. The van der Waals surface area contributed by atoms with Crippen molar-refractivity contribution in [3.8, 4) is 0 Å². The molecular weight excluding hydrogens is 172 g/mol. The molecule has 1 atom stereocenters. The second kappa shape index (κ2) is 4.23. The van der Waals surface area contributed by atoms with Crippen LogP contribution in [0.4, 0.5) is 0 Å². The van der Waals surface area contributed by atoms with Gasteiger partial charge in [-0.1, -0.05) is 0 Å². The molecule has 12 heavy (non-hydrogen) atoms. The molecule has 0 saturated heterocycles. The average molecular weight is 184 g/mol. The molecule has 0 unspecified atom stereocenters. The molecule has 4 heteroatoms. The molecule has 1 heterocycles. The Kier molecular flexibility index (Phi) is 3.25. The zero-order chi connectivity index (χ0) is 8.97.